The molecule has 0 saturated heterocycles. The Morgan fingerprint density at radius 2 is 1.78 bits per heavy atom. The van der Waals surface area contributed by atoms with Gasteiger partial charge < -0.3 is 14.8 Å². The molecule has 3 rings (SSSR count). The number of aryl methyl sites for hydroxylation is 1. The average molecular weight is 366 g/mol. The van der Waals surface area contributed by atoms with Crippen LogP contribution in [0.2, 0.25) is 0 Å². The van der Waals surface area contributed by atoms with E-state index < -0.39 is 5.95 Å². The lowest BCUT2D eigenvalue weighted by atomic mass is 10.2. The summed E-state index contributed by atoms with van der Waals surface area (Å²) in [6.45, 7) is 4.11. The number of pyridine rings is 1. The highest BCUT2D eigenvalue weighted by Crippen LogP contribution is 2.26. The number of benzene rings is 2. The molecule has 27 heavy (non-hydrogen) atoms. The Balaban J connectivity index is 1.70. The van der Waals surface area contributed by atoms with Gasteiger partial charge in [-0.2, -0.15) is 4.39 Å². The van der Waals surface area contributed by atoms with Crippen LogP contribution in [-0.2, 0) is 0 Å². The Kier molecular flexibility index (Phi) is 5.66. The topological polar surface area (TPSA) is 60.5 Å². The summed E-state index contributed by atoms with van der Waals surface area (Å²) in [4.78, 5) is 16.1. The first-order valence-electron chi connectivity index (χ1n) is 8.50. The molecule has 1 aromatic heterocycles. The van der Waals surface area contributed by atoms with Crippen molar-refractivity contribution in [3.63, 3.8) is 0 Å². The standard InChI is InChI=1S/C21H19FN2O3/c1-3-26-16-7-9-17(10-8-16)27-18-6-4-5-15(13-18)24-21(25)19-11-12-20(22)23-14(19)2/h4-13H,3H2,1-2H3,(H,24,25). The normalized spacial score (nSPS) is 10.3. The zero-order valence-electron chi connectivity index (χ0n) is 15.0. The van der Waals surface area contributed by atoms with E-state index in [1.165, 1.54) is 6.07 Å². The molecule has 6 heteroatoms. The van der Waals surface area contributed by atoms with Gasteiger partial charge in [-0.25, -0.2) is 4.98 Å². The highest BCUT2D eigenvalue weighted by Gasteiger charge is 2.11. The number of carbonyl (C=O) groups excluding carboxylic acids is 1. The van der Waals surface area contributed by atoms with Crippen molar-refractivity contribution in [2.24, 2.45) is 0 Å². The number of ether oxygens (including phenoxy) is 2. The van der Waals surface area contributed by atoms with Gasteiger partial charge in [0.2, 0.25) is 5.95 Å². The summed E-state index contributed by atoms with van der Waals surface area (Å²) in [6, 6.07) is 16.9. The summed E-state index contributed by atoms with van der Waals surface area (Å²) in [5.41, 5.74) is 1.20. The molecule has 1 heterocycles. The van der Waals surface area contributed by atoms with Crippen molar-refractivity contribution >= 4 is 11.6 Å². The number of anilines is 1. The van der Waals surface area contributed by atoms with Crippen LogP contribution in [0.15, 0.2) is 60.7 Å². The lowest BCUT2D eigenvalue weighted by Gasteiger charge is -2.10. The predicted molar refractivity (Wildman–Crippen MR) is 101 cm³/mol. The fraction of sp³-hybridized carbons (Fsp3) is 0.143. The van der Waals surface area contributed by atoms with Gasteiger partial charge in [0.1, 0.15) is 17.2 Å². The van der Waals surface area contributed by atoms with Crippen LogP contribution in [0.1, 0.15) is 23.0 Å². The van der Waals surface area contributed by atoms with E-state index >= 15 is 0 Å². The highest BCUT2D eigenvalue weighted by molar-refractivity contribution is 6.05. The third-order valence-electron chi connectivity index (χ3n) is 3.76. The lowest BCUT2D eigenvalue weighted by molar-refractivity contribution is 0.102. The molecule has 0 spiro atoms. The van der Waals surface area contributed by atoms with Crippen molar-refractivity contribution in [1.29, 1.82) is 0 Å². The predicted octanol–water partition coefficient (Wildman–Crippen LogP) is 4.97. The summed E-state index contributed by atoms with van der Waals surface area (Å²) >= 11 is 0. The van der Waals surface area contributed by atoms with E-state index in [2.05, 4.69) is 10.3 Å². The molecule has 2 aromatic carbocycles. The summed E-state index contributed by atoms with van der Waals surface area (Å²) < 4.78 is 24.3. The maximum absolute atomic E-state index is 13.1. The first-order chi connectivity index (χ1) is 13.0. The first-order valence-corrected chi connectivity index (χ1v) is 8.50. The summed E-state index contributed by atoms with van der Waals surface area (Å²) in [5, 5.41) is 2.77. The van der Waals surface area contributed by atoms with Crippen molar-refractivity contribution in [3.8, 4) is 17.2 Å². The van der Waals surface area contributed by atoms with Crippen LogP contribution >= 0.6 is 0 Å². The SMILES string of the molecule is CCOc1ccc(Oc2cccc(NC(=O)c3ccc(F)nc3C)c2)cc1. The molecule has 0 bridgehead atoms. The smallest absolute Gasteiger partial charge is 0.257 e. The lowest BCUT2D eigenvalue weighted by Crippen LogP contribution is -2.14. The summed E-state index contributed by atoms with van der Waals surface area (Å²) in [5.74, 6) is 1.02. The molecule has 5 nitrogen and oxygen atoms in total. The first kappa shape index (κ1) is 18.4. The molecule has 0 radical (unpaired) electrons. The molecule has 0 saturated carbocycles. The third kappa shape index (κ3) is 4.82. The van der Waals surface area contributed by atoms with Crippen LogP contribution in [0.3, 0.4) is 0 Å². The second kappa shape index (κ2) is 8.31. The molecule has 0 aliphatic rings. The molecular formula is C21H19FN2O3. The van der Waals surface area contributed by atoms with E-state index in [1.54, 1.807) is 31.2 Å². The van der Waals surface area contributed by atoms with Crippen molar-refractivity contribution in [2.75, 3.05) is 11.9 Å². The minimum absolute atomic E-state index is 0.314. The number of carbonyl (C=O) groups is 1. The fourth-order valence-electron chi connectivity index (χ4n) is 2.51. The molecule has 3 aromatic rings. The Hall–Kier alpha value is -3.41. The minimum atomic E-state index is -0.616. The number of rotatable bonds is 6. The van der Waals surface area contributed by atoms with Crippen LogP contribution in [0.25, 0.3) is 0 Å². The van der Waals surface area contributed by atoms with Gasteiger partial charge in [-0.15, -0.1) is 0 Å². The van der Waals surface area contributed by atoms with Gasteiger partial charge in [0, 0.05) is 11.8 Å². The van der Waals surface area contributed by atoms with E-state index in [0.717, 1.165) is 11.8 Å². The van der Waals surface area contributed by atoms with Crippen molar-refractivity contribution < 1.29 is 18.7 Å². The van der Waals surface area contributed by atoms with Gasteiger partial charge in [-0.05, 0) is 62.4 Å². The van der Waals surface area contributed by atoms with Crippen molar-refractivity contribution in [2.45, 2.75) is 13.8 Å². The van der Waals surface area contributed by atoms with Gasteiger partial charge >= 0.3 is 0 Å². The van der Waals surface area contributed by atoms with Crippen LogP contribution in [0, 0.1) is 12.9 Å². The number of hydrogen-bond donors (Lipinski definition) is 1. The molecular weight excluding hydrogens is 347 g/mol. The quantitative estimate of drug-likeness (QED) is 0.626. The number of nitrogens with one attached hydrogen (secondary N) is 1. The zero-order valence-corrected chi connectivity index (χ0v) is 15.0. The number of hydrogen-bond acceptors (Lipinski definition) is 4. The molecule has 0 aliphatic heterocycles. The number of nitrogens with zero attached hydrogens (tertiary/aromatic N) is 1. The molecule has 0 atom stereocenters. The molecule has 0 aliphatic carbocycles. The Morgan fingerprint density at radius 3 is 2.48 bits per heavy atom. The summed E-state index contributed by atoms with van der Waals surface area (Å²) in [6.07, 6.45) is 0. The largest absolute Gasteiger partial charge is 0.494 e. The average Bonchev–Trinajstić information content (AvgIpc) is 2.64. The number of halogens is 1. The highest BCUT2D eigenvalue weighted by atomic mass is 19.1. The van der Waals surface area contributed by atoms with Crippen LogP contribution < -0.4 is 14.8 Å². The maximum Gasteiger partial charge on any atom is 0.257 e. The van der Waals surface area contributed by atoms with E-state index in [4.69, 9.17) is 9.47 Å². The van der Waals surface area contributed by atoms with Gasteiger partial charge in [-0.1, -0.05) is 6.07 Å². The number of amides is 1. The van der Waals surface area contributed by atoms with Gasteiger partial charge in [0.25, 0.3) is 5.91 Å². The van der Waals surface area contributed by atoms with Crippen LogP contribution in [0.4, 0.5) is 10.1 Å². The molecule has 0 unspecified atom stereocenters. The van der Waals surface area contributed by atoms with Crippen LogP contribution in [-0.4, -0.2) is 17.5 Å². The van der Waals surface area contributed by atoms with Crippen LogP contribution in [0.5, 0.6) is 17.2 Å². The summed E-state index contributed by atoms with van der Waals surface area (Å²) in [7, 11) is 0. The van der Waals surface area contributed by atoms with E-state index in [1.807, 2.05) is 31.2 Å². The van der Waals surface area contributed by atoms with Gasteiger partial charge in [0.15, 0.2) is 0 Å². The molecule has 1 N–H and O–H groups in total. The van der Waals surface area contributed by atoms with E-state index in [-0.39, 0.29) is 5.91 Å². The molecule has 138 valence electrons. The van der Waals surface area contributed by atoms with Crippen molar-refractivity contribution in [3.05, 3.63) is 77.9 Å². The second-order valence-electron chi connectivity index (χ2n) is 5.76. The van der Waals surface area contributed by atoms with Gasteiger partial charge in [-0.3, -0.25) is 4.79 Å². The molecule has 1 amide bonds. The second-order valence-corrected chi connectivity index (χ2v) is 5.76. The minimum Gasteiger partial charge on any atom is -0.494 e. The van der Waals surface area contributed by atoms with Crippen molar-refractivity contribution in [1.82, 2.24) is 4.98 Å². The van der Waals surface area contributed by atoms with E-state index in [0.29, 0.717) is 35.1 Å². The Bertz CT molecular complexity index is 942. The van der Waals surface area contributed by atoms with E-state index in [9.17, 15) is 9.18 Å². The zero-order chi connectivity index (χ0) is 19.2. The number of aromatic nitrogens is 1. The monoisotopic (exact) mass is 366 g/mol. The maximum atomic E-state index is 13.1. The third-order valence-corrected chi connectivity index (χ3v) is 3.76. The molecule has 0 fully saturated rings. The Morgan fingerprint density at radius 1 is 1.04 bits per heavy atom. The Labute approximate surface area is 156 Å². The van der Waals surface area contributed by atoms with Gasteiger partial charge in [0.05, 0.1) is 17.9 Å². The fourth-order valence-corrected chi connectivity index (χ4v) is 2.51.